The van der Waals surface area contributed by atoms with Crippen molar-refractivity contribution in [1.29, 1.82) is 0 Å². The number of aromatic amines is 1. The third-order valence-corrected chi connectivity index (χ3v) is 1.29. The maximum absolute atomic E-state index is 10.7. The summed E-state index contributed by atoms with van der Waals surface area (Å²) in [5.74, 6) is 0. The zero-order valence-electron chi connectivity index (χ0n) is 5.84. The Morgan fingerprint density at radius 1 is 1.50 bits per heavy atom. The first-order chi connectivity index (χ1) is 4.61. The molecule has 0 aliphatic carbocycles. The van der Waals surface area contributed by atoms with Gasteiger partial charge < -0.3 is 4.57 Å². The Balaban J connectivity index is 3.59. The number of aryl methyl sites for hydroxylation is 2. The van der Waals surface area contributed by atoms with Crippen LogP contribution < -0.4 is 11.2 Å². The second-order valence-corrected chi connectivity index (χ2v) is 2.18. The molecule has 1 aromatic rings. The molecular weight excluding hydrogens is 132 g/mol. The van der Waals surface area contributed by atoms with Crippen molar-refractivity contribution in [2.24, 2.45) is 7.05 Å². The van der Waals surface area contributed by atoms with Crippen LogP contribution in [0.4, 0.5) is 0 Å². The van der Waals surface area contributed by atoms with E-state index in [4.69, 9.17) is 0 Å². The molecule has 0 saturated carbocycles. The van der Waals surface area contributed by atoms with Crippen molar-refractivity contribution in [1.82, 2.24) is 9.55 Å². The van der Waals surface area contributed by atoms with Gasteiger partial charge in [0.25, 0.3) is 5.56 Å². The van der Waals surface area contributed by atoms with Gasteiger partial charge in [0.05, 0.1) is 0 Å². The molecule has 0 fully saturated rings. The van der Waals surface area contributed by atoms with Gasteiger partial charge in [0.2, 0.25) is 0 Å². The van der Waals surface area contributed by atoms with Crippen molar-refractivity contribution in [2.45, 2.75) is 6.92 Å². The van der Waals surface area contributed by atoms with E-state index in [1.807, 2.05) is 0 Å². The molecule has 1 aromatic heterocycles. The van der Waals surface area contributed by atoms with E-state index in [-0.39, 0.29) is 11.2 Å². The van der Waals surface area contributed by atoms with E-state index in [0.29, 0.717) is 5.56 Å². The molecular formula is C6H8N2O2. The normalized spacial score (nSPS) is 9.80. The highest BCUT2D eigenvalue weighted by Crippen LogP contribution is 1.77. The van der Waals surface area contributed by atoms with Gasteiger partial charge in [0, 0.05) is 18.8 Å². The molecule has 0 atom stereocenters. The van der Waals surface area contributed by atoms with Crippen LogP contribution in [-0.2, 0) is 7.05 Å². The van der Waals surface area contributed by atoms with Crippen LogP contribution in [0.3, 0.4) is 0 Å². The number of nitrogens with one attached hydrogen (secondary N) is 1. The fourth-order valence-electron chi connectivity index (χ4n) is 0.692. The summed E-state index contributed by atoms with van der Waals surface area (Å²) in [7, 11) is 1.59. The van der Waals surface area contributed by atoms with E-state index in [1.165, 1.54) is 10.8 Å². The summed E-state index contributed by atoms with van der Waals surface area (Å²) < 4.78 is 1.33. The Morgan fingerprint density at radius 3 is 2.60 bits per heavy atom. The third kappa shape index (κ3) is 1.00. The number of H-pyrrole nitrogens is 1. The highest BCUT2D eigenvalue weighted by molar-refractivity contribution is 4.99. The predicted molar refractivity (Wildman–Crippen MR) is 37.0 cm³/mol. The quantitative estimate of drug-likeness (QED) is 0.522. The van der Waals surface area contributed by atoms with Gasteiger partial charge >= 0.3 is 5.69 Å². The van der Waals surface area contributed by atoms with Crippen molar-refractivity contribution >= 4 is 0 Å². The minimum Gasteiger partial charge on any atom is -0.303 e. The van der Waals surface area contributed by atoms with Crippen molar-refractivity contribution < 1.29 is 0 Å². The zero-order valence-corrected chi connectivity index (χ0v) is 5.84. The topological polar surface area (TPSA) is 54.9 Å². The molecule has 54 valence electrons. The maximum Gasteiger partial charge on any atom is 0.328 e. The summed E-state index contributed by atoms with van der Waals surface area (Å²) in [6.07, 6.45) is 1.50. The van der Waals surface area contributed by atoms with E-state index >= 15 is 0 Å². The lowest BCUT2D eigenvalue weighted by Crippen LogP contribution is -2.28. The first-order valence-electron chi connectivity index (χ1n) is 2.88. The van der Waals surface area contributed by atoms with Crippen molar-refractivity contribution in [3.8, 4) is 0 Å². The highest BCUT2D eigenvalue weighted by Gasteiger charge is 1.93. The molecule has 0 spiro atoms. The first kappa shape index (κ1) is 6.80. The van der Waals surface area contributed by atoms with Gasteiger partial charge in [0.15, 0.2) is 0 Å². The van der Waals surface area contributed by atoms with E-state index in [9.17, 15) is 9.59 Å². The Hall–Kier alpha value is -1.32. The lowest BCUT2D eigenvalue weighted by Gasteiger charge is -1.94. The molecule has 10 heavy (non-hydrogen) atoms. The van der Waals surface area contributed by atoms with Crippen LogP contribution >= 0.6 is 0 Å². The zero-order chi connectivity index (χ0) is 7.72. The average Bonchev–Trinajstić information content (AvgIpc) is 1.84. The van der Waals surface area contributed by atoms with Crippen LogP contribution in [0.25, 0.3) is 0 Å². The fourth-order valence-corrected chi connectivity index (χ4v) is 0.692. The van der Waals surface area contributed by atoms with Gasteiger partial charge in [-0.3, -0.25) is 9.78 Å². The van der Waals surface area contributed by atoms with E-state index < -0.39 is 0 Å². The smallest absolute Gasteiger partial charge is 0.303 e. The first-order valence-corrected chi connectivity index (χ1v) is 2.88. The molecule has 0 amide bonds. The van der Waals surface area contributed by atoms with Crippen LogP contribution in [0.15, 0.2) is 15.8 Å². The molecule has 4 nitrogen and oxygen atoms in total. The summed E-state index contributed by atoms with van der Waals surface area (Å²) in [6, 6.07) is 0. The van der Waals surface area contributed by atoms with Gasteiger partial charge in [-0.1, -0.05) is 0 Å². The molecule has 1 N–H and O–H groups in total. The van der Waals surface area contributed by atoms with Crippen LogP contribution in [0, 0.1) is 6.92 Å². The fraction of sp³-hybridized carbons (Fsp3) is 0.333. The number of nitrogens with zero attached hydrogens (tertiary/aromatic N) is 1. The van der Waals surface area contributed by atoms with E-state index in [2.05, 4.69) is 4.98 Å². The van der Waals surface area contributed by atoms with Crippen molar-refractivity contribution in [3.63, 3.8) is 0 Å². The Kier molecular flexibility index (Phi) is 1.45. The third-order valence-electron chi connectivity index (χ3n) is 1.29. The molecule has 4 heteroatoms. The van der Waals surface area contributed by atoms with Crippen LogP contribution in [0.1, 0.15) is 5.56 Å². The Labute approximate surface area is 57.1 Å². The highest BCUT2D eigenvalue weighted by atomic mass is 16.2. The standard InChI is InChI=1S/C6H8N2O2/c1-4-3-8(2)6(10)7-5(4)9/h3H,1-2H3,(H,7,9,10). The molecule has 0 radical (unpaired) electrons. The van der Waals surface area contributed by atoms with Gasteiger partial charge in [-0.25, -0.2) is 4.79 Å². The average molecular weight is 140 g/mol. The summed E-state index contributed by atoms with van der Waals surface area (Å²) in [5.41, 5.74) is -0.152. The molecule has 0 aromatic carbocycles. The van der Waals surface area contributed by atoms with Gasteiger partial charge in [0.1, 0.15) is 0 Å². The number of rotatable bonds is 0. The Bertz CT molecular complexity index is 316. The number of aromatic nitrogens is 2. The lowest BCUT2D eigenvalue weighted by atomic mass is 10.4. The van der Waals surface area contributed by atoms with Crippen LogP contribution in [0.2, 0.25) is 0 Å². The van der Waals surface area contributed by atoms with Gasteiger partial charge in [-0.15, -0.1) is 0 Å². The van der Waals surface area contributed by atoms with E-state index in [0.717, 1.165) is 0 Å². The molecule has 0 saturated heterocycles. The van der Waals surface area contributed by atoms with E-state index in [1.54, 1.807) is 14.0 Å². The van der Waals surface area contributed by atoms with Crippen LogP contribution in [-0.4, -0.2) is 9.55 Å². The summed E-state index contributed by atoms with van der Waals surface area (Å²) in [6.45, 7) is 1.65. The SMILES string of the molecule is Cc1cn(C)c(=O)[nH]c1=O. The Morgan fingerprint density at radius 2 is 2.10 bits per heavy atom. The minimum atomic E-state index is -0.379. The minimum absolute atomic E-state index is 0.317. The largest absolute Gasteiger partial charge is 0.328 e. The molecule has 0 unspecified atom stereocenters. The number of hydrogen-bond donors (Lipinski definition) is 1. The molecule has 0 bridgehead atoms. The second kappa shape index (κ2) is 2.13. The van der Waals surface area contributed by atoms with Gasteiger partial charge in [-0.05, 0) is 6.92 Å². The monoisotopic (exact) mass is 140 g/mol. The second-order valence-electron chi connectivity index (χ2n) is 2.18. The lowest BCUT2D eigenvalue weighted by molar-refractivity contribution is 0.789. The van der Waals surface area contributed by atoms with Gasteiger partial charge in [-0.2, -0.15) is 0 Å². The summed E-state index contributed by atoms with van der Waals surface area (Å²) in [5, 5.41) is 0. The predicted octanol–water partition coefficient (Wildman–Crippen LogP) is -0.618. The molecule has 1 heterocycles. The maximum atomic E-state index is 10.7. The summed E-state index contributed by atoms with van der Waals surface area (Å²) >= 11 is 0. The molecule has 1 rings (SSSR count). The summed E-state index contributed by atoms with van der Waals surface area (Å²) in [4.78, 5) is 23.6. The van der Waals surface area contributed by atoms with Crippen LogP contribution in [0.5, 0.6) is 0 Å². The number of hydrogen-bond acceptors (Lipinski definition) is 2. The van der Waals surface area contributed by atoms with Crippen molar-refractivity contribution in [3.05, 3.63) is 32.6 Å². The van der Waals surface area contributed by atoms with Crippen molar-refractivity contribution in [2.75, 3.05) is 0 Å². The molecule has 0 aliphatic rings. The molecule has 0 aliphatic heterocycles.